The second kappa shape index (κ2) is 16.7. The van der Waals surface area contributed by atoms with Crippen LogP contribution in [0.1, 0.15) is 66.9 Å². The van der Waals surface area contributed by atoms with Crippen molar-refractivity contribution in [2.24, 2.45) is 5.92 Å². The number of phenolic OH excluding ortho intramolecular Hbond substituents is 1. The normalized spacial score (nSPS) is 29.8. The highest BCUT2D eigenvalue weighted by Crippen LogP contribution is 2.38. The maximum atomic E-state index is 13.3. The standard InChI is InChI=1S/C36H54N4O12/c1-21-14-25(15-22(2)30(21)45)33(47)37-18-27(43)31(46)32-29(38-23(3)41)26(42)17-36(52-32,34(48)49)7-9-40-10-13-51-20-35(40)6-8-39(19-35)28(44)16-24-4-11-50-12-5-24/h14-15,24,26-27,29,31-32,42-43,45-46H,4-13,16-20H2,1-3H3,(H,37,47)(H,38,41)(H,48,49)/t26-,27+,29+,31+,32+,35-,36+/m0/s1. The Morgan fingerprint density at radius 1 is 1.04 bits per heavy atom. The van der Waals surface area contributed by atoms with Crippen LogP contribution in [-0.2, 0) is 28.6 Å². The Balaban J connectivity index is 1.28. The number of likely N-dealkylation sites (tertiary alicyclic amines) is 1. The van der Waals surface area contributed by atoms with Gasteiger partial charge in [-0.15, -0.1) is 0 Å². The molecule has 0 aliphatic carbocycles. The number of morpholine rings is 1. The third kappa shape index (κ3) is 8.86. The van der Waals surface area contributed by atoms with Gasteiger partial charge in [-0.3, -0.25) is 19.3 Å². The molecule has 5 rings (SSSR count). The molecule has 4 aliphatic rings. The Bertz CT molecular complexity index is 1450. The van der Waals surface area contributed by atoms with Crippen molar-refractivity contribution in [1.82, 2.24) is 20.4 Å². The van der Waals surface area contributed by atoms with E-state index in [0.29, 0.717) is 70.0 Å². The molecule has 52 heavy (non-hydrogen) atoms. The summed E-state index contributed by atoms with van der Waals surface area (Å²) in [6.07, 6.45) is -4.28. The van der Waals surface area contributed by atoms with Gasteiger partial charge in [-0.25, -0.2) is 4.79 Å². The Morgan fingerprint density at radius 2 is 1.73 bits per heavy atom. The first-order valence-electron chi connectivity index (χ1n) is 18.1. The summed E-state index contributed by atoms with van der Waals surface area (Å²) in [6.45, 7) is 7.78. The van der Waals surface area contributed by atoms with Gasteiger partial charge in [0.15, 0.2) is 5.60 Å². The van der Waals surface area contributed by atoms with E-state index in [9.17, 15) is 44.7 Å². The van der Waals surface area contributed by atoms with E-state index in [1.54, 1.807) is 13.8 Å². The topological polar surface area (TPSA) is 228 Å². The van der Waals surface area contributed by atoms with Crippen molar-refractivity contribution in [1.29, 1.82) is 0 Å². The highest BCUT2D eigenvalue weighted by atomic mass is 16.6. The Labute approximate surface area is 303 Å². The lowest BCUT2D eigenvalue weighted by atomic mass is 9.81. The molecule has 0 radical (unpaired) electrons. The minimum atomic E-state index is -2.01. The minimum absolute atomic E-state index is 0.0520. The van der Waals surface area contributed by atoms with E-state index >= 15 is 0 Å². The van der Waals surface area contributed by atoms with Crippen molar-refractivity contribution >= 4 is 23.7 Å². The fourth-order valence-electron chi connectivity index (χ4n) is 8.09. The molecule has 0 saturated carbocycles. The van der Waals surface area contributed by atoms with Crippen molar-refractivity contribution in [3.05, 3.63) is 28.8 Å². The number of aryl methyl sites for hydroxylation is 2. The van der Waals surface area contributed by atoms with Gasteiger partial charge < -0.3 is 55.3 Å². The van der Waals surface area contributed by atoms with Crippen molar-refractivity contribution in [3.63, 3.8) is 0 Å². The smallest absolute Gasteiger partial charge is 0.336 e. The fourth-order valence-corrected chi connectivity index (χ4v) is 8.09. The number of hydrogen-bond donors (Lipinski definition) is 7. The molecule has 7 N–H and O–H groups in total. The van der Waals surface area contributed by atoms with Crippen molar-refractivity contribution < 1.29 is 58.9 Å². The van der Waals surface area contributed by atoms with Crippen molar-refractivity contribution in [2.45, 2.75) is 101 Å². The van der Waals surface area contributed by atoms with Crippen LogP contribution in [0.15, 0.2) is 12.1 Å². The Kier molecular flexibility index (Phi) is 12.8. The molecular weight excluding hydrogens is 680 g/mol. The van der Waals surface area contributed by atoms with Crippen molar-refractivity contribution in [2.75, 3.05) is 59.2 Å². The minimum Gasteiger partial charge on any atom is -0.507 e. The molecule has 4 heterocycles. The van der Waals surface area contributed by atoms with E-state index in [1.165, 1.54) is 19.1 Å². The maximum absolute atomic E-state index is 13.3. The molecule has 16 heteroatoms. The average Bonchev–Trinajstić information content (AvgIpc) is 3.54. The second-order valence-electron chi connectivity index (χ2n) is 14.9. The lowest BCUT2D eigenvalue weighted by Gasteiger charge is -2.49. The maximum Gasteiger partial charge on any atom is 0.336 e. The van der Waals surface area contributed by atoms with Crippen LogP contribution >= 0.6 is 0 Å². The Hall–Kier alpha value is -3.38. The summed E-state index contributed by atoms with van der Waals surface area (Å²) in [5.74, 6) is -2.12. The number of aliphatic hydroxyl groups excluding tert-OH is 3. The van der Waals surface area contributed by atoms with Gasteiger partial charge in [0, 0.05) is 77.7 Å². The number of carbonyl (C=O) groups is 4. The van der Waals surface area contributed by atoms with E-state index in [0.717, 1.165) is 12.8 Å². The number of ether oxygens (including phenoxy) is 3. The first-order chi connectivity index (χ1) is 24.6. The molecule has 1 aromatic carbocycles. The molecule has 4 aliphatic heterocycles. The number of carbonyl (C=O) groups excluding carboxylic acids is 3. The van der Waals surface area contributed by atoms with Crippen LogP contribution in [0, 0.1) is 19.8 Å². The first kappa shape index (κ1) is 39.8. The quantitative estimate of drug-likeness (QED) is 0.143. The van der Waals surface area contributed by atoms with Crippen LogP contribution in [0.3, 0.4) is 0 Å². The molecule has 3 amide bonds. The number of aliphatic carboxylic acids is 1. The van der Waals surface area contributed by atoms with E-state index < -0.39 is 72.3 Å². The Morgan fingerprint density at radius 3 is 2.38 bits per heavy atom. The molecule has 0 bridgehead atoms. The highest BCUT2D eigenvalue weighted by molar-refractivity contribution is 5.95. The molecule has 16 nitrogen and oxygen atoms in total. The van der Waals surface area contributed by atoms with Crippen LogP contribution in [-0.4, -0.2) is 160 Å². The van der Waals surface area contributed by atoms with Gasteiger partial charge >= 0.3 is 5.97 Å². The van der Waals surface area contributed by atoms with Gasteiger partial charge in [-0.2, -0.15) is 0 Å². The van der Waals surface area contributed by atoms with E-state index in [4.69, 9.17) is 14.2 Å². The number of aliphatic hydroxyl groups is 3. The third-order valence-corrected chi connectivity index (χ3v) is 11.2. The van der Waals surface area contributed by atoms with Gasteiger partial charge in [-0.05, 0) is 62.3 Å². The number of carboxylic acids is 1. The van der Waals surface area contributed by atoms with Gasteiger partial charge in [0.25, 0.3) is 5.91 Å². The average molecular weight is 735 g/mol. The third-order valence-electron chi connectivity index (χ3n) is 11.2. The molecule has 1 aromatic rings. The van der Waals surface area contributed by atoms with Gasteiger partial charge in [0.05, 0.1) is 37.0 Å². The fraction of sp³-hybridized carbons (Fsp3) is 0.722. The molecule has 4 saturated heterocycles. The second-order valence-corrected chi connectivity index (χ2v) is 14.9. The number of aromatic hydroxyl groups is 1. The molecule has 0 aromatic heterocycles. The summed E-state index contributed by atoms with van der Waals surface area (Å²) in [4.78, 5) is 55.3. The number of nitrogens with one attached hydrogen (secondary N) is 2. The summed E-state index contributed by atoms with van der Waals surface area (Å²) < 4.78 is 17.5. The number of benzene rings is 1. The predicted octanol–water partition coefficient (Wildman–Crippen LogP) is -0.551. The van der Waals surface area contributed by atoms with Crippen LogP contribution < -0.4 is 10.6 Å². The number of phenols is 1. The molecule has 1 spiro atoms. The number of nitrogens with zero attached hydrogens (tertiary/aromatic N) is 2. The number of rotatable bonds is 12. The summed E-state index contributed by atoms with van der Waals surface area (Å²) in [7, 11) is 0. The van der Waals surface area contributed by atoms with Gasteiger partial charge in [-0.1, -0.05) is 0 Å². The van der Waals surface area contributed by atoms with Crippen LogP contribution in [0.5, 0.6) is 5.75 Å². The first-order valence-corrected chi connectivity index (χ1v) is 18.1. The predicted molar refractivity (Wildman–Crippen MR) is 184 cm³/mol. The largest absolute Gasteiger partial charge is 0.507 e. The lowest BCUT2D eigenvalue weighted by molar-refractivity contribution is -0.231. The molecule has 7 atom stereocenters. The molecular formula is C36H54N4O12. The van der Waals surface area contributed by atoms with E-state index in [1.807, 2.05) is 4.90 Å². The monoisotopic (exact) mass is 734 g/mol. The lowest BCUT2D eigenvalue weighted by Crippen LogP contribution is -2.68. The molecule has 290 valence electrons. The van der Waals surface area contributed by atoms with Gasteiger partial charge in [0.1, 0.15) is 18.0 Å². The summed E-state index contributed by atoms with van der Waals surface area (Å²) in [5, 5.41) is 59.4. The summed E-state index contributed by atoms with van der Waals surface area (Å²) in [5.41, 5.74) is -1.37. The zero-order valence-corrected chi connectivity index (χ0v) is 30.2. The van der Waals surface area contributed by atoms with Crippen LogP contribution in [0.25, 0.3) is 0 Å². The van der Waals surface area contributed by atoms with Gasteiger partial charge in [0.2, 0.25) is 11.8 Å². The SMILES string of the molecule is CC(=O)N[C@H]1[C@H]([C@H](O)[C@H](O)CNC(=O)c2cc(C)c(O)c(C)c2)O[C@@](CCN2CCOC[C@@]23CCN(C(=O)CC2CCOCC2)C3)(C(=O)O)C[C@@H]1O. The number of hydrogen-bond acceptors (Lipinski definition) is 12. The van der Waals surface area contributed by atoms with Crippen molar-refractivity contribution in [3.8, 4) is 5.75 Å². The van der Waals surface area contributed by atoms with E-state index in [2.05, 4.69) is 15.5 Å². The summed E-state index contributed by atoms with van der Waals surface area (Å²) >= 11 is 0. The molecule has 4 fully saturated rings. The van der Waals surface area contributed by atoms with Crippen LogP contribution in [0.2, 0.25) is 0 Å². The van der Waals surface area contributed by atoms with Crippen LogP contribution in [0.4, 0.5) is 0 Å². The molecule has 0 unspecified atom stereocenters. The zero-order valence-electron chi connectivity index (χ0n) is 30.2. The number of amides is 3. The summed E-state index contributed by atoms with van der Waals surface area (Å²) in [6, 6.07) is 1.68. The van der Waals surface area contributed by atoms with E-state index in [-0.39, 0.29) is 36.1 Å². The number of carboxylic acid groups (broad SMARTS) is 1. The zero-order chi connectivity index (χ0) is 37.8. The highest BCUT2D eigenvalue weighted by Gasteiger charge is 2.55.